The highest BCUT2D eigenvalue weighted by atomic mass is 15.2. The molecule has 128 valence electrons. The number of anilines is 1. The van der Waals surface area contributed by atoms with Crippen molar-refractivity contribution in [3.05, 3.63) is 60.3 Å². The summed E-state index contributed by atoms with van der Waals surface area (Å²) in [5.74, 6) is 1.05. The number of nitrogens with zero attached hydrogens (tertiary/aromatic N) is 3. The molecule has 4 heteroatoms. The van der Waals surface area contributed by atoms with Crippen LogP contribution in [0.25, 0.3) is 0 Å². The van der Waals surface area contributed by atoms with Crippen molar-refractivity contribution in [1.82, 2.24) is 15.2 Å². The number of benzene rings is 1. The largest absolute Gasteiger partial charge is 0.351 e. The van der Waals surface area contributed by atoms with E-state index >= 15 is 0 Å². The Kier molecular flexibility index (Phi) is 6.21. The summed E-state index contributed by atoms with van der Waals surface area (Å²) < 4.78 is 0. The van der Waals surface area contributed by atoms with Gasteiger partial charge < -0.3 is 15.1 Å². The number of hydrogen-bond acceptors (Lipinski definition) is 4. The van der Waals surface area contributed by atoms with Crippen molar-refractivity contribution in [2.24, 2.45) is 0 Å². The Morgan fingerprint density at radius 1 is 1.08 bits per heavy atom. The molecule has 24 heavy (non-hydrogen) atoms. The van der Waals surface area contributed by atoms with Gasteiger partial charge in [0.1, 0.15) is 5.82 Å². The molecule has 4 nitrogen and oxygen atoms in total. The Labute approximate surface area is 145 Å². The molecule has 2 heterocycles. The Balaban J connectivity index is 1.56. The third kappa shape index (κ3) is 5.05. The summed E-state index contributed by atoms with van der Waals surface area (Å²) in [6.07, 6.45) is 4.37. The molecule has 0 saturated carbocycles. The third-order valence-corrected chi connectivity index (χ3v) is 4.72. The van der Waals surface area contributed by atoms with Gasteiger partial charge in [-0.3, -0.25) is 0 Å². The maximum atomic E-state index is 4.54. The molecule has 1 saturated heterocycles. The highest BCUT2D eigenvalue weighted by molar-refractivity contribution is 5.39. The van der Waals surface area contributed by atoms with E-state index in [1.807, 2.05) is 12.3 Å². The van der Waals surface area contributed by atoms with Crippen molar-refractivity contribution in [3.63, 3.8) is 0 Å². The van der Waals surface area contributed by atoms with E-state index in [1.54, 1.807) is 0 Å². The third-order valence-electron chi connectivity index (χ3n) is 4.72. The van der Waals surface area contributed by atoms with Crippen molar-refractivity contribution >= 4 is 5.82 Å². The van der Waals surface area contributed by atoms with Gasteiger partial charge in [0.05, 0.1) is 0 Å². The first-order chi connectivity index (χ1) is 11.8. The van der Waals surface area contributed by atoms with Crippen LogP contribution in [-0.4, -0.2) is 49.2 Å². The van der Waals surface area contributed by atoms with Crippen molar-refractivity contribution in [3.8, 4) is 0 Å². The summed E-state index contributed by atoms with van der Waals surface area (Å²) in [6, 6.07) is 17.4. The maximum Gasteiger partial charge on any atom is 0.128 e. The highest BCUT2D eigenvalue weighted by Crippen LogP contribution is 2.14. The summed E-state index contributed by atoms with van der Waals surface area (Å²) in [6.45, 7) is 5.26. The van der Waals surface area contributed by atoms with Gasteiger partial charge >= 0.3 is 0 Å². The summed E-state index contributed by atoms with van der Waals surface area (Å²) in [5.41, 5.74) is 1.32. The molecule has 0 radical (unpaired) electrons. The van der Waals surface area contributed by atoms with Crippen LogP contribution in [0.5, 0.6) is 0 Å². The smallest absolute Gasteiger partial charge is 0.128 e. The second-order valence-electron chi connectivity index (χ2n) is 6.63. The van der Waals surface area contributed by atoms with Crippen LogP contribution in [0.15, 0.2) is 54.7 Å². The molecule has 0 atom stereocenters. The molecular weight excluding hydrogens is 296 g/mol. The number of rotatable bonds is 7. The summed E-state index contributed by atoms with van der Waals surface area (Å²) >= 11 is 0. The fraction of sp³-hybridized carbons (Fsp3) is 0.450. The average Bonchev–Trinajstić information content (AvgIpc) is 2.64. The quantitative estimate of drug-likeness (QED) is 0.849. The molecule has 1 fully saturated rings. The van der Waals surface area contributed by atoms with Gasteiger partial charge in [-0.1, -0.05) is 36.4 Å². The fourth-order valence-electron chi connectivity index (χ4n) is 3.24. The second kappa shape index (κ2) is 8.81. The molecule has 0 amide bonds. The van der Waals surface area contributed by atoms with Crippen molar-refractivity contribution in [2.75, 3.05) is 38.1 Å². The monoisotopic (exact) mass is 324 g/mol. The van der Waals surface area contributed by atoms with E-state index in [1.165, 1.54) is 31.5 Å². The Bertz CT molecular complexity index is 579. The molecule has 0 spiro atoms. The number of aromatic nitrogens is 1. The van der Waals surface area contributed by atoms with Crippen LogP contribution < -0.4 is 10.2 Å². The second-order valence-corrected chi connectivity index (χ2v) is 6.63. The Hall–Kier alpha value is -1.91. The van der Waals surface area contributed by atoms with Gasteiger partial charge in [0, 0.05) is 31.9 Å². The lowest BCUT2D eigenvalue weighted by atomic mass is 10.1. The predicted octanol–water partition coefficient (Wildman–Crippen LogP) is 2.77. The molecule has 1 N–H and O–H groups in total. The van der Waals surface area contributed by atoms with E-state index in [9.17, 15) is 0 Å². The molecule has 1 aromatic heterocycles. The lowest BCUT2D eigenvalue weighted by molar-refractivity contribution is 0.235. The summed E-state index contributed by atoms with van der Waals surface area (Å²) in [5, 5.41) is 3.73. The van der Waals surface area contributed by atoms with Gasteiger partial charge in [0.2, 0.25) is 0 Å². The van der Waals surface area contributed by atoms with Gasteiger partial charge in [-0.25, -0.2) is 4.98 Å². The Morgan fingerprint density at radius 2 is 1.83 bits per heavy atom. The van der Waals surface area contributed by atoms with E-state index in [-0.39, 0.29) is 0 Å². The minimum Gasteiger partial charge on any atom is -0.351 e. The predicted molar refractivity (Wildman–Crippen MR) is 100 cm³/mol. The van der Waals surface area contributed by atoms with Crippen LogP contribution in [-0.2, 0) is 6.54 Å². The number of hydrogen-bond donors (Lipinski definition) is 1. The fourth-order valence-corrected chi connectivity index (χ4v) is 3.24. The number of pyridine rings is 1. The van der Waals surface area contributed by atoms with E-state index < -0.39 is 0 Å². The van der Waals surface area contributed by atoms with Crippen LogP contribution in [0.1, 0.15) is 18.4 Å². The maximum absolute atomic E-state index is 4.54. The topological polar surface area (TPSA) is 31.4 Å². The summed E-state index contributed by atoms with van der Waals surface area (Å²) in [4.78, 5) is 9.31. The van der Waals surface area contributed by atoms with Crippen molar-refractivity contribution < 1.29 is 0 Å². The molecule has 1 aliphatic rings. The number of nitrogens with one attached hydrogen (secondary N) is 1. The van der Waals surface area contributed by atoms with Crippen LogP contribution in [0.4, 0.5) is 5.82 Å². The summed E-state index contributed by atoms with van der Waals surface area (Å²) in [7, 11) is 2.21. The molecule has 0 bridgehead atoms. The number of likely N-dealkylation sites (tertiary alicyclic amines) is 1. The molecule has 2 aromatic rings. The lowest BCUT2D eigenvalue weighted by Crippen LogP contribution is -2.43. The van der Waals surface area contributed by atoms with Crippen LogP contribution in [0.2, 0.25) is 0 Å². The van der Waals surface area contributed by atoms with E-state index in [2.05, 4.69) is 69.6 Å². The van der Waals surface area contributed by atoms with Gasteiger partial charge in [0.15, 0.2) is 0 Å². The van der Waals surface area contributed by atoms with Gasteiger partial charge in [-0.2, -0.15) is 0 Å². The molecule has 3 rings (SSSR count). The van der Waals surface area contributed by atoms with Gasteiger partial charge in [0.25, 0.3) is 0 Å². The molecule has 1 aromatic carbocycles. The highest BCUT2D eigenvalue weighted by Gasteiger charge is 2.16. The zero-order valence-electron chi connectivity index (χ0n) is 14.6. The van der Waals surface area contributed by atoms with Gasteiger partial charge in [-0.15, -0.1) is 0 Å². The SMILES string of the molecule is CN1CCC(NCCN(Cc2ccccc2)c2ccccn2)CC1. The standard InChI is InChI=1S/C20H28N4/c1-23-14-10-19(11-15-23)21-13-16-24(20-9-5-6-12-22-20)17-18-7-3-2-4-8-18/h2-9,12,19,21H,10-11,13-17H2,1H3. The van der Waals surface area contributed by atoms with Crippen molar-refractivity contribution in [1.29, 1.82) is 0 Å². The number of piperidine rings is 1. The zero-order chi connectivity index (χ0) is 16.6. The van der Waals surface area contributed by atoms with Crippen molar-refractivity contribution in [2.45, 2.75) is 25.4 Å². The lowest BCUT2D eigenvalue weighted by Gasteiger charge is -2.31. The van der Waals surface area contributed by atoms with Crippen LogP contribution in [0.3, 0.4) is 0 Å². The van der Waals surface area contributed by atoms with Crippen LogP contribution in [0, 0.1) is 0 Å². The normalized spacial score (nSPS) is 16.2. The first-order valence-electron chi connectivity index (χ1n) is 8.93. The van der Waals surface area contributed by atoms with E-state index in [4.69, 9.17) is 0 Å². The van der Waals surface area contributed by atoms with Crippen LogP contribution >= 0.6 is 0 Å². The first-order valence-corrected chi connectivity index (χ1v) is 8.93. The minimum absolute atomic E-state index is 0.656. The minimum atomic E-state index is 0.656. The average molecular weight is 324 g/mol. The van der Waals surface area contributed by atoms with E-state index in [0.717, 1.165) is 25.5 Å². The molecule has 1 aliphatic heterocycles. The Morgan fingerprint density at radius 3 is 2.54 bits per heavy atom. The van der Waals surface area contributed by atoms with E-state index in [0.29, 0.717) is 6.04 Å². The van der Waals surface area contributed by atoms with Gasteiger partial charge in [-0.05, 0) is 50.7 Å². The zero-order valence-corrected chi connectivity index (χ0v) is 14.6. The molecule has 0 aliphatic carbocycles. The first kappa shape index (κ1) is 16.9. The molecule has 0 unspecified atom stereocenters. The molecular formula is C20H28N4.